The summed E-state index contributed by atoms with van der Waals surface area (Å²) in [5, 5.41) is 12.1. The van der Waals surface area contributed by atoms with Crippen molar-refractivity contribution >= 4 is 11.9 Å². The second-order valence-corrected chi connectivity index (χ2v) is 4.87. The lowest BCUT2D eigenvalue weighted by Gasteiger charge is -2.20. The number of aliphatic carboxylic acids is 1. The van der Waals surface area contributed by atoms with Crippen LogP contribution >= 0.6 is 0 Å². The Morgan fingerprint density at radius 2 is 2.12 bits per heavy atom. The van der Waals surface area contributed by atoms with E-state index in [2.05, 4.69) is 5.32 Å². The molecule has 1 amide bonds. The van der Waals surface area contributed by atoms with Crippen LogP contribution in [0.3, 0.4) is 0 Å². The van der Waals surface area contributed by atoms with Gasteiger partial charge in [0.25, 0.3) is 0 Å². The van der Waals surface area contributed by atoms with Crippen molar-refractivity contribution in [1.29, 1.82) is 0 Å². The molecule has 1 aliphatic rings. The molecule has 17 heavy (non-hydrogen) atoms. The normalized spacial score (nSPS) is 25.9. The van der Waals surface area contributed by atoms with Crippen molar-refractivity contribution in [3.63, 3.8) is 0 Å². The molecule has 1 rings (SSSR count). The van der Waals surface area contributed by atoms with Crippen molar-refractivity contribution in [3.8, 4) is 0 Å². The lowest BCUT2D eigenvalue weighted by Crippen LogP contribution is -2.38. The Hall–Kier alpha value is -1.10. The molecule has 3 unspecified atom stereocenters. The van der Waals surface area contributed by atoms with Crippen molar-refractivity contribution in [2.75, 3.05) is 26.2 Å². The Morgan fingerprint density at radius 1 is 1.47 bits per heavy atom. The number of hydrogen-bond donors (Lipinski definition) is 2. The number of nitrogens with zero attached hydrogens (tertiary/aromatic N) is 1. The fraction of sp³-hybridized carbons (Fsp3) is 0.833. The van der Waals surface area contributed by atoms with Crippen LogP contribution in [-0.2, 0) is 9.59 Å². The third kappa shape index (κ3) is 3.43. The second kappa shape index (κ2) is 6.00. The van der Waals surface area contributed by atoms with E-state index < -0.39 is 11.9 Å². The minimum absolute atomic E-state index is 0.0442. The molecule has 1 fully saturated rings. The summed E-state index contributed by atoms with van der Waals surface area (Å²) >= 11 is 0. The number of carbonyl (C=O) groups excluding carboxylic acids is 1. The fourth-order valence-corrected chi connectivity index (χ4v) is 2.23. The van der Waals surface area contributed by atoms with E-state index in [-0.39, 0.29) is 17.7 Å². The molecule has 3 atom stereocenters. The van der Waals surface area contributed by atoms with Crippen LogP contribution < -0.4 is 5.32 Å². The first-order chi connectivity index (χ1) is 7.97. The van der Waals surface area contributed by atoms with Crippen LogP contribution in [0, 0.1) is 17.8 Å². The molecule has 5 heteroatoms. The highest BCUT2D eigenvalue weighted by Gasteiger charge is 2.37. The first-order valence-electron chi connectivity index (χ1n) is 6.19. The van der Waals surface area contributed by atoms with E-state index in [1.54, 1.807) is 4.90 Å². The van der Waals surface area contributed by atoms with Gasteiger partial charge in [0.05, 0.1) is 5.92 Å². The van der Waals surface area contributed by atoms with E-state index in [1.165, 1.54) is 0 Å². The maximum absolute atomic E-state index is 12.1. The second-order valence-electron chi connectivity index (χ2n) is 4.87. The van der Waals surface area contributed by atoms with Crippen LogP contribution in [-0.4, -0.2) is 48.1 Å². The molecule has 2 N–H and O–H groups in total. The number of rotatable bonds is 5. The maximum atomic E-state index is 12.1. The van der Waals surface area contributed by atoms with E-state index in [4.69, 9.17) is 5.11 Å². The molecule has 0 aromatic heterocycles. The van der Waals surface area contributed by atoms with Crippen molar-refractivity contribution in [3.05, 3.63) is 0 Å². The van der Waals surface area contributed by atoms with E-state index >= 15 is 0 Å². The molecule has 1 heterocycles. The molecule has 0 spiro atoms. The fourth-order valence-electron chi connectivity index (χ4n) is 2.23. The highest BCUT2D eigenvalue weighted by atomic mass is 16.4. The third-order valence-electron chi connectivity index (χ3n) is 3.36. The topological polar surface area (TPSA) is 69.6 Å². The molecule has 98 valence electrons. The van der Waals surface area contributed by atoms with Gasteiger partial charge in [0.15, 0.2) is 0 Å². The molecule has 0 radical (unpaired) electrons. The average molecular weight is 242 g/mol. The summed E-state index contributed by atoms with van der Waals surface area (Å²) in [5.74, 6) is -1.20. The lowest BCUT2D eigenvalue weighted by atomic mass is 9.99. The molecule has 0 aromatic carbocycles. The quantitative estimate of drug-likeness (QED) is 0.732. The monoisotopic (exact) mass is 242 g/mol. The first-order valence-corrected chi connectivity index (χ1v) is 6.19. The van der Waals surface area contributed by atoms with Crippen molar-refractivity contribution in [2.45, 2.75) is 20.8 Å². The van der Waals surface area contributed by atoms with Crippen LogP contribution in [0.25, 0.3) is 0 Å². The largest absolute Gasteiger partial charge is 0.481 e. The molecule has 1 saturated heterocycles. The first kappa shape index (κ1) is 14.0. The van der Waals surface area contributed by atoms with Crippen LogP contribution in [0.2, 0.25) is 0 Å². The number of carbonyl (C=O) groups is 2. The van der Waals surface area contributed by atoms with Crippen molar-refractivity contribution < 1.29 is 14.7 Å². The van der Waals surface area contributed by atoms with E-state index in [0.29, 0.717) is 19.6 Å². The van der Waals surface area contributed by atoms with Crippen LogP contribution in [0.15, 0.2) is 0 Å². The van der Waals surface area contributed by atoms with Gasteiger partial charge in [-0.25, -0.2) is 0 Å². The number of carboxylic acids is 1. The standard InChI is InChI=1S/C12H22N2O3/c1-4-13-5-8(2)11(15)14-6-9(3)10(7-14)12(16)17/h8-10,13H,4-7H2,1-3H3,(H,16,17). The summed E-state index contributed by atoms with van der Waals surface area (Å²) in [6.07, 6.45) is 0. The smallest absolute Gasteiger partial charge is 0.308 e. The van der Waals surface area contributed by atoms with Gasteiger partial charge >= 0.3 is 5.97 Å². The van der Waals surface area contributed by atoms with Crippen molar-refractivity contribution in [2.24, 2.45) is 17.8 Å². The molecular formula is C12H22N2O3. The van der Waals surface area contributed by atoms with Gasteiger partial charge in [-0.15, -0.1) is 0 Å². The van der Waals surface area contributed by atoms with Gasteiger partial charge in [0, 0.05) is 25.6 Å². The highest BCUT2D eigenvalue weighted by molar-refractivity contribution is 5.80. The summed E-state index contributed by atoms with van der Waals surface area (Å²) in [6, 6.07) is 0. The number of nitrogens with one attached hydrogen (secondary N) is 1. The summed E-state index contributed by atoms with van der Waals surface area (Å²) in [5.41, 5.74) is 0. The maximum Gasteiger partial charge on any atom is 0.308 e. The van der Waals surface area contributed by atoms with E-state index in [1.807, 2.05) is 20.8 Å². The zero-order valence-corrected chi connectivity index (χ0v) is 10.8. The van der Waals surface area contributed by atoms with Gasteiger partial charge < -0.3 is 15.3 Å². The van der Waals surface area contributed by atoms with Gasteiger partial charge in [-0.1, -0.05) is 20.8 Å². The van der Waals surface area contributed by atoms with E-state index in [0.717, 1.165) is 6.54 Å². The molecule has 5 nitrogen and oxygen atoms in total. The SMILES string of the molecule is CCNCC(C)C(=O)N1CC(C)C(C(=O)O)C1. The van der Waals surface area contributed by atoms with Crippen LogP contribution in [0.1, 0.15) is 20.8 Å². The zero-order valence-electron chi connectivity index (χ0n) is 10.8. The predicted octanol–water partition coefficient (Wildman–Crippen LogP) is 0.411. The summed E-state index contributed by atoms with van der Waals surface area (Å²) in [7, 11) is 0. The molecular weight excluding hydrogens is 220 g/mol. The zero-order chi connectivity index (χ0) is 13.0. The summed E-state index contributed by atoms with van der Waals surface area (Å²) < 4.78 is 0. The van der Waals surface area contributed by atoms with Crippen molar-refractivity contribution in [1.82, 2.24) is 10.2 Å². The third-order valence-corrected chi connectivity index (χ3v) is 3.36. The lowest BCUT2D eigenvalue weighted by molar-refractivity contribution is -0.142. The van der Waals surface area contributed by atoms with Crippen LogP contribution in [0.4, 0.5) is 0 Å². The Balaban J connectivity index is 2.52. The molecule has 0 bridgehead atoms. The number of amides is 1. The minimum atomic E-state index is -0.799. The van der Waals surface area contributed by atoms with Gasteiger partial charge in [0.2, 0.25) is 5.91 Å². The van der Waals surface area contributed by atoms with Gasteiger partial charge in [0.1, 0.15) is 0 Å². The minimum Gasteiger partial charge on any atom is -0.481 e. The molecule has 0 aliphatic carbocycles. The molecule has 1 aliphatic heterocycles. The Kier molecular flexibility index (Phi) is 4.93. The van der Waals surface area contributed by atoms with Gasteiger partial charge in [-0.2, -0.15) is 0 Å². The van der Waals surface area contributed by atoms with Gasteiger partial charge in [-0.3, -0.25) is 9.59 Å². The summed E-state index contributed by atoms with van der Waals surface area (Å²) in [6.45, 7) is 8.17. The number of likely N-dealkylation sites (tertiary alicyclic amines) is 1. The molecule has 0 aromatic rings. The Morgan fingerprint density at radius 3 is 2.59 bits per heavy atom. The van der Waals surface area contributed by atoms with E-state index in [9.17, 15) is 9.59 Å². The summed E-state index contributed by atoms with van der Waals surface area (Å²) in [4.78, 5) is 24.7. The highest BCUT2D eigenvalue weighted by Crippen LogP contribution is 2.24. The van der Waals surface area contributed by atoms with Crippen LogP contribution in [0.5, 0.6) is 0 Å². The predicted molar refractivity (Wildman–Crippen MR) is 64.6 cm³/mol. The number of carboxylic acid groups (broad SMARTS) is 1. The number of hydrogen-bond acceptors (Lipinski definition) is 3. The Labute approximate surface area is 102 Å². The van der Waals surface area contributed by atoms with Gasteiger partial charge in [-0.05, 0) is 12.5 Å². The molecule has 0 saturated carbocycles. The average Bonchev–Trinajstić information content (AvgIpc) is 2.67. The Bertz CT molecular complexity index is 293.